The second-order valence-electron chi connectivity index (χ2n) is 8.44. The topological polar surface area (TPSA) is 40.6 Å². The van der Waals surface area contributed by atoms with E-state index < -0.39 is 4.87 Å². The van der Waals surface area contributed by atoms with E-state index in [1.165, 1.54) is 23.9 Å². The Morgan fingerprint density at radius 1 is 1.07 bits per heavy atom. The monoisotopic (exact) mass is 396 g/mol. The number of amides is 2. The van der Waals surface area contributed by atoms with Gasteiger partial charge in [0.25, 0.3) is 5.91 Å². The molecule has 0 saturated carbocycles. The van der Waals surface area contributed by atoms with Crippen LogP contribution in [-0.4, -0.2) is 23.1 Å². The molecule has 3 heterocycles. The Morgan fingerprint density at radius 3 is 2.50 bits per heavy atom. The molecule has 2 aromatic carbocycles. The Morgan fingerprint density at radius 2 is 1.79 bits per heavy atom. The van der Waals surface area contributed by atoms with Gasteiger partial charge in [-0.05, 0) is 56.0 Å². The molecule has 2 aromatic rings. The molecule has 1 spiro atoms. The van der Waals surface area contributed by atoms with Crippen molar-refractivity contribution in [1.29, 1.82) is 0 Å². The summed E-state index contributed by atoms with van der Waals surface area (Å²) in [6.07, 6.45) is 0.862. The van der Waals surface area contributed by atoms with Crippen LogP contribution in [0.2, 0.25) is 0 Å². The first-order chi connectivity index (χ1) is 13.3. The van der Waals surface area contributed by atoms with Gasteiger partial charge in [0.1, 0.15) is 5.82 Å². The predicted molar refractivity (Wildman–Crippen MR) is 109 cm³/mol. The summed E-state index contributed by atoms with van der Waals surface area (Å²) in [7, 11) is 0. The summed E-state index contributed by atoms with van der Waals surface area (Å²) in [6.45, 7) is 6.36. The molecule has 144 valence electrons. The minimum Gasteiger partial charge on any atom is -0.303 e. The van der Waals surface area contributed by atoms with Crippen LogP contribution in [-0.2, 0) is 14.5 Å². The smallest absolute Gasteiger partial charge is 0.269 e. The van der Waals surface area contributed by atoms with Gasteiger partial charge in [0.15, 0.2) is 0 Å². The molecule has 0 aromatic heterocycles. The van der Waals surface area contributed by atoms with Crippen LogP contribution in [0, 0.1) is 5.82 Å². The van der Waals surface area contributed by atoms with E-state index in [4.69, 9.17) is 0 Å². The normalized spacial score (nSPS) is 27.6. The molecule has 3 aliphatic rings. The van der Waals surface area contributed by atoms with Crippen LogP contribution in [0.3, 0.4) is 0 Å². The summed E-state index contributed by atoms with van der Waals surface area (Å²) < 4.78 is 13.5. The number of fused-ring (bicyclic) bond motifs is 1. The van der Waals surface area contributed by atoms with Crippen LogP contribution in [0.25, 0.3) is 0 Å². The van der Waals surface area contributed by atoms with Gasteiger partial charge in [-0.1, -0.05) is 25.1 Å². The van der Waals surface area contributed by atoms with Crippen LogP contribution in [0.15, 0.2) is 42.5 Å². The third-order valence-corrected chi connectivity index (χ3v) is 7.53. The summed E-state index contributed by atoms with van der Waals surface area (Å²) >= 11 is 1.37. The van der Waals surface area contributed by atoms with E-state index in [0.717, 1.165) is 23.2 Å². The van der Waals surface area contributed by atoms with E-state index >= 15 is 0 Å². The molecule has 2 atom stereocenters. The zero-order chi connectivity index (χ0) is 19.8. The molecular weight excluding hydrogens is 375 g/mol. The molecule has 6 heteroatoms. The van der Waals surface area contributed by atoms with Crippen LogP contribution < -0.4 is 9.80 Å². The van der Waals surface area contributed by atoms with E-state index in [-0.39, 0.29) is 28.9 Å². The third kappa shape index (κ3) is 2.07. The zero-order valence-electron chi connectivity index (χ0n) is 16.0. The highest BCUT2D eigenvalue weighted by atomic mass is 32.2. The van der Waals surface area contributed by atoms with Gasteiger partial charge in [0, 0.05) is 16.8 Å². The third-order valence-electron chi connectivity index (χ3n) is 6.14. The van der Waals surface area contributed by atoms with Gasteiger partial charge in [0.05, 0.1) is 11.4 Å². The van der Waals surface area contributed by atoms with E-state index in [1.807, 2.05) is 17.0 Å². The average Bonchev–Trinajstić information content (AvgIpc) is 3.11. The van der Waals surface area contributed by atoms with Gasteiger partial charge in [-0.15, -0.1) is 11.8 Å². The van der Waals surface area contributed by atoms with Crippen LogP contribution >= 0.6 is 11.8 Å². The summed E-state index contributed by atoms with van der Waals surface area (Å²) in [5.41, 5.74) is 3.18. The SMILES string of the molecule is C[C@@H]1CC(C)(C)N2C(=O)[C@]3(SCC(=O)N3c3ccc(F)cc3)c3cccc1c32. The largest absolute Gasteiger partial charge is 0.303 e. The Balaban J connectivity index is 1.78. The van der Waals surface area contributed by atoms with Crippen LogP contribution in [0.1, 0.15) is 44.2 Å². The fourth-order valence-electron chi connectivity index (χ4n) is 5.12. The molecule has 5 rings (SSSR count). The second kappa shape index (κ2) is 5.60. The number of hydrogen-bond acceptors (Lipinski definition) is 3. The van der Waals surface area contributed by atoms with Gasteiger partial charge < -0.3 is 4.90 Å². The van der Waals surface area contributed by atoms with Crippen molar-refractivity contribution in [3.8, 4) is 0 Å². The van der Waals surface area contributed by atoms with Gasteiger partial charge >= 0.3 is 0 Å². The van der Waals surface area contributed by atoms with Crippen molar-refractivity contribution in [2.45, 2.75) is 43.5 Å². The van der Waals surface area contributed by atoms with E-state index in [2.05, 4.69) is 26.8 Å². The second-order valence-corrected chi connectivity index (χ2v) is 9.61. The lowest BCUT2D eigenvalue weighted by atomic mass is 9.80. The lowest BCUT2D eigenvalue weighted by molar-refractivity contribution is -0.124. The molecule has 4 nitrogen and oxygen atoms in total. The maximum Gasteiger partial charge on any atom is 0.269 e. The number of halogens is 1. The predicted octanol–water partition coefficient (Wildman–Crippen LogP) is 4.39. The molecule has 1 saturated heterocycles. The van der Waals surface area contributed by atoms with E-state index in [9.17, 15) is 14.0 Å². The van der Waals surface area contributed by atoms with Crippen molar-refractivity contribution < 1.29 is 14.0 Å². The van der Waals surface area contributed by atoms with Gasteiger partial charge in [-0.2, -0.15) is 0 Å². The Kier molecular flexibility index (Phi) is 3.55. The fourth-order valence-corrected chi connectivity index (χ4v) is 6.45. The summed E-state index contributed by atoms with van der Waals surface area (Å²) in [6, 6.07) is 11.8. The Bertz CT molecular complexity index is 1020. The van der Waals surface area contributed by atoms with Crippen LogP contribution in [0.4, 0.5) is 15.8 Å². The molecule has 0 aliphatic carbocycles. The van der Waals surface area contributed by atoms with Crippen molar-refractivity contribution in [3.63, 3.8) is 0 Å². The minimum atomic E-state index is -1.12. The quantitative estimate of drug-likeness (QED) is 0.718. The van der Waals surface area contributed by atoms with Gasteiger partial charge in [-0.3, -0.25) is 14.5 Å². The molecule has 0 radical (unpaired) electrons. The zero-order valence-corrected chi connectivity index (χ0v) is 16.8. The summed E-state index contributed by atoms with van der Waals surface area (Å²) in [4.78, 5) is 29.3. The number of carbonyl (C=O) groups excluding carboxylic acids is 2. The van der Waals surface area contributed by atoms with E-state index in [1.54, 1.807) is 17.0 Å². The number of nitrogens with zero attached hydrogens (tertiary/aromatic N) is 2. The highest BCUT2D eigenvalue weighted by Crippen LogP contribution is 2.60. The molecule has 28 heavy (non-hydrogen) atoms. The Labute approximate surface area is 167 Å². The number of rotatable bonds is 1. The lowest BCUT2D eigenvalue weighted by Crippen LogP contribution is -2.56. The van der Waals surface area contributed by atoms with Crippen molar-refractivity contribution in [2.24, 2.45) is 0 Å². The molecule has 0 N–H and O–H groups in total. The highest BCUT2D eigenvalue weighted by molar-refractivity contribution is 8.02. The van der Waals surface area contributed by atoms with E-state index in [0.29, 0.717) is 11.6 Å². The number of benzene rings is 2. The first-order valence-electron chi connectivity index (χ1n) is 9.48. The number of hydrogen-bond donors (Lipinski definition) is 0. The number of anilines is 2. The first-order valence-corrected chi connectivity index (χ1v) is 10.5. The molecule has 2 amide bonds. The number of thioether (sulfide) groups is 1. The van der Waals surface area contributed by atoms with Crippen molar-refractivity contribution >= 4 is 35.0 Å². The molecule has 1 fully saturated rings. The number of carbonyl (C=O) groups is 2. The van der Waals surface area contributed by atoms with Gasteiger partial charge in [-0.25, -0.2) is 4.39 Å². The molecule has 3 aliphatic heterocycles. The van der Waals surface area contributed by atoms with Crippen molar-refractivity contribution in [1.82, 2.24) is 0 Å². The Hall–Kier alpha value is -2.34. The lowest BCUT2D eigenvalue weighted by Gasteiger charge is -2.44. The molecular formula is C22H21FN2O2S. The molecule has 0 bridgehead atoms. The number of para-hydroxylation sites is 1. The summed E-state index contributed by atoms with van der Waals surface area (Å²) in [5, 5.41) is 0. The standard InChI is InChI=1S/C22H21FN2O2S/c1-13-11-21(2,3)25-19-16(13)5-4-6-17(19)22(20(25)27)24(18(26)12-28-22)15-9-7-14(23)8-10-15/h4-10,13H,11-12H2,1-3H3/t13-,22-/m1/s1. The summed E-state index contributed by atoms with van der Waals surface area (Å²) in [5.74, 6) is -0.0331. The minimum absolute atomic E-state index is 0.0768. The first kappa shape index (κ1) is 17.7. The maximum atomic E-state index is 14.0. The average molecular weight is 396 g/mol. The molecule has 0 unspecified atom stereocenters. The maximum absolute atomic E-state index is 14.0. The van der Waals surface area contributed by atoms with Crippen molar-refractivity contribution in [2.75, 3.05) is 15.6 Å². The van der Waals surface area contributed by atoms with Crippen LogP contribution in [0.5, 0.6) is 0 Å². The van der Waals surface area contributed by atoms with Crippen molar-refractivity contribution in [3.05, 3.63) is 59.4 Å². The van der Waals surface area contributed by atoms with Gasteiger partial charge in [0.2, 0.25) is 10.8 Å². The highest BCUT2D eigenvalue weighted by Gasteiger charge is 2.64. The fraction of sp³-hybridized carbons (Fsp3) is 0.364.